The van der Waals surface area contributed by atoms with Gasteiger partial charge in [-0.3, -0.25) is 14.9 Å². The lowest BCUT2D eigenvalue weighted by Gasteiger charge is -2.48. The maximum atomic E-state index is 14.2. The summed E-state index contributed by atoms with van der Waals surface area (Å²) >= 11 is 0. The monoisotopic (exact) mass is 617 g/mol. The fourth-order valence-electron chi connectivity index (χ4n) is 6.29. The molecule has 6 nitrogen and oxygen atoms in total. The fourth-order valence-corrected chi connectivity index (χ4v) is 6.29. The number of carbonyl (C=O) groups is 2. The summed E-state index contributed by atoms with van der Waals surface area (Å²) in [6.45, 7) is 4.40. The number of aryl methyl sites for hydroxylation is 1. The molecule has 0 bridgehead atoms. The van der Waals surface area contributed by atoms with Crippen LogP contribution in [0.25, 0.3) is 0 Å². The van der Waals surface area contributed by atoms with Crippen LogP contribution in [0.3, 0.4) is 0 Å². The number of benzene rings is 2. The standard InChI is InChI=1S/C30H34F7N3O3/c1-16-11-21(31)5-6-22(16)24-15-28(8-7-23(39-28)25(41)43-4)9-10-40(24)26(42)27(3,38)17(2)18-12-19(29(32,33)34)14-20(13-18)30(35,36)37/h5-6,11-14,17,23-24,39H,7-10,15,38H2,1-4H3/t17-,23+,24+,27?,28-/m0/s1. The van der Waals surface area contributed by atoms with Crippen molar-refractivity contribution >= 4 is 11.9 Å². The first-order chi connectivity index (χ1) is 19.8. The van der Waals surface area contributed by atoms with Gasteiger partial charge in [-0.2, -0.15) is 26.3 Å². The van der Waals surface area contributed by atoms with Gasteiger partial charge in [0.15, 0.2) is 0 Å². The molecule has 2 heterocycles. The van der Waals surface area contributed by atoms with Crippen LogP contribution in [0.4, 0.5) is 30.7 Å². The number of nitrogens with two attached hydrogens (primary N) is 1. The van der Waals surface area contributed by atoms with Crippen LogP contribution < -0.4 is 11.1 Å². The number of methoxy groups -OCH3 is 1. The van der Waals surface area contributed by atoms with E-state index in [1.807, 2.05) is 0 Å². The van der Waals surface area contributed by atoms with Crippen molar-refractivity contribution in [3.05, 3.63) is 70.0 Å². The van der Waals surface area contributed by atoms with Crippen molar-refractivity contribution in [3.8, 4) is 0 Å². The van der Waals surface area contributed by atoms with Gasteiger partial charge in [0.1, 0.15) is 11.9 Å². The molecule has 2 aliphatic rings. The summed E-state index contributed by atoms with van der Waals surface area (Å²) < 4.78 is 100. The van der Waals surface area contributed by atoms with Gasteiger partial charge >= 0.3 is 18.3 Å². The molecular formula is C30H34F7N3O3. The normalized spacial score (nSPS) is 25.0. The highest BCUT2D eigenvalue weighted by Gasteiger charge is 2.51. The van der Waals surface area contributed by atoms with E-state index in [9.17, 15) is 40.3 Å². The van der Waals surface area contributed by atoms with Crippen LogP contribution >= 0.6 is 0 Å². The molecule has 0 aliphatic carbocycles. The highest BCUT2D eigenvalue weighted by molar-refractivity contribution is 5.87. The zero-order chi connectivity index (χ0) is 32.1. The van der Waals surface area contributed by atoms with Gasteiger partial charge in [-0.1, -0.05) is 13.0 Å². The van der Waals surface area contributed by atoms with E-state index in [2.05, 4.69) is 5.32 Å². The number of carbonyl (C=O) groups excluding carboxylic acids is 2. The summed E-state index contributed by atoms with van der Waals surface area (Å²) in [5, 5.41) is 3.34. The predicted molar refractivity (Wildman–Crippen MR) is 143 cm³/mol. The number of amides is 1. The van der Waals surface area contributed by atoms with Gasteiger partial charge in [0.25, 0.3) is 0 Å². The van der Waals surface area contributed by atoms with E-state index >= 15 is 0 Å². The lowest BCUT2D eigenvalue weighted by Crippen LogP contribution is -2.61. The molecule has 3 N–H and O–H groups in total. The Bertz CT molecular complexity index is 1360. The van der Waals surface area contributed by atoms with Crippen LogP contribution in [0.5, 0.6) is 0 Å². The van der Waals surface area contributed by atoms with E-state index in [0.29, 0.717) is 48.9 Å². The Balaban J connectivity index is 1.72. The Morgan fingerprint density at radius 2 is 1.65 bits per heavy atom. The molecule has 43 heavy (non-hydrogen) atoms. The van der Waals surface area contributed by atoms with Crippen molar-refractivity contribution in [2.45, 2.75) is 87.9 Å². The van der Waals surface area contributed by atoms with E-state index in [-0.39, 0.29) is 18.2 Å². The van der Waals surface area contributed by atoms with E-state index in [1.165, 1.54) is 38.0 Å². The second-order valence-electron chi connectivity index (χ2n) is 11.9. The topological polar surface area (TPSA) is 84.7 Å². The first kappa shape index (κ1) is 32.7. The van der Waals surface area contributed by atoms with Crippen molar-refractivity contribution in [1.82, 2.24) is 10.2 Å². The number of likely N-dealkylation sites (tertiary alicyclic amines) is 1. The third-order valence-corrected chi connectivity index (χ3v) is 8.99. The van der Waals surface area contributed by atoms with Gasteiger partial charge in [-0.15, -0.1) is 0 Å². The molecular weight excluding hydrogens is 583 g/mol. The average molecular weight is 618 g/mol. The molecule has 0 saturated carbocycles. The zero-order valence-electron chi connectivity index (χ0n) is 24.1. The molecule has 1 spiro atoms. The summed E-state index contributed by atoms with van der Waals surface area (Å²) in [6.07, 6.45) is -8.33. The fraction of sp³-hybridized carbons (Fsp3) is 0.533. The van der Waals surface area contributed by atoms with Gasteiger partial charge in [0.05, 0.1) is 29.8 Å². The molecule has 236 valence electrons. The number of halogens is 7. The second kappa shape index (κ2) is 11.4. The van der Waals surface area contributed by atoms with Crippen molar-refractivity contribution in [1.29, 1.82) is 0 Å². The molecule has 1 unspecified atom stereocenters. The largest absolute Gasteiger partial charge is 0.468 e. The number of nitrogens with zero attached hydrogens (tertiary/aromatic N) is 1. The molecule has 4 rings (SSSR count). The molecule has 0 radical (unpaired) electrons. The summed E-state index contributed by atoms with van der Waals surface area (Å²) in [7, 11) is 1.28. The molecule has 2 aromatic rings. The van der Waals surface area contributed by atoms with Gasteiger partial charge in [0.2, 0.25) is 5.91 Å². The van der Waals surface area contributed by atoms with Gasteiger partial charge in [-0.05, 0) is 86.6 Å². The Morgan fingerprint density at radius 3 is 2.19 bits per heavy atom. The van der Waals surface area contributed by atoms with Gasteiger partial charge in [-0.25, -0.2) is 4.39 Å². The molecule has 13 heteroatoms. The highest BCUT2D eigenvalue weighted by atomic mass is 19.4. The van der Waals surface area contributed by atoms with Crippen molar-refractivity contribution < 1.29 is 45.1 Å². The highest BCUT2D eigenvalue weighted by Crippen LogP contribution is 2.45. The van der Waals surface area contributed by atoms with Crippen LogP contribution in [0, 0.1) is 12.7 Å². The third kappa shape index (κ3) is 6.52. The Kier molecular flexibility index (Phi) is 8.66. The number of hydrogen-bond donors (Lipinski definition) is 2. The smallest absolute Gasteiger partial charge is 0.416 e. The van der Waals surface area contributed by atoms with E-state index in [4.69, 9.17) is 10.5 Å². The molecule has 2 saturated heterocycles. The number of piperidine rings is 1. The molecule has 2 aromatic carbocycles. The molecule has 1 amide bonds. The van der Waals surface area contributed by atoms with Crippen molar-refractivity contribution in [2.75, 3.05) is 13.7 Å². The predicted octanol–water partition coefficient (Wildman–Crippen LogP) is 6.02. The van der Waals surface area contributed by atoms with Gasteiger partial charge in [0, 0.05) is 18.0 Å². The lowest BCUT2D eigenvalue weighted by molar-refractivity contribution is -0.145. The van der Waals surface area contributed by atoms with Crippen LogP contribution in [0.15, 0.2) is 36.4 Å². The second-order valence-corrected chi connectivity index (χ2v) is 11.9. The van der Waals surface area contributed by atoms with Crippen LogP contribution in [-0.2, 0) is 26.7 Å². The summed E-state index contributed by atoms with van der Waals surface area (Å²) in [6, 6.07) is 4.07. The van der Waals surface area contributed by atoms with Crippen molar-refractivity contribution in [3.63, 3.8) is 0 Å². The van der Waals surface area contributed by atoms with Gasteiger partial charge < -0.3 is 15.4 Å². The Labute approximate surface area is 244 Å². The summed E-state index contributed by atoms with van der Waals surface area (Å²) in [4.78, 5) is 27.9. The summed E-state index contributed by atoms with van der Waals surface area (Å²) in [5.74, 6) is -2.86. The maximum Gasteiger partial charge on any atom is 0.416 e. The first-order valence-corrected chi connectivity index (χ1v) is 13.8. The Morgan fingerprint density at radius 1 is 1.05 bits per heavy atom. The lowest BCUT2D eigenvalue weighted by atomic mass is 9.76. The maximum absolute atomic E-state index is 14.2. The minimum atomic E-state index is -5.06. The average Bonchev–Trinajstić information content (AvgIpc) is 3.33. The van der Waals surface area contributed by atoms with E-state index < -0.39 is 70.3 Å². The van der Waals surface area contributed by atoms with E-state index in [0.717, 1.165) is 0 Å². The molecule has 2 aliphatic heterocycles. The quantitative estimate of drug-likeness (QED) is 0.317. The molecule has 0 aromatic heterocycles. The molecule has 5 atom stereocenters. The van der Waals surface area contributed by atoms with E-state index in [1.54, 1.807) is 13.0 Å². The molecule has 2 fully saturated rings. The number of nitrogens with one attached hydrogen (secondary N) is 1. The number of esters is 1. The summed E-state index contributed by atoms with van der Waals surface area (Å²) in [5.41, 5.74) is 1.79. The number of alkyl halides is 6. The number of rotatable bonds is 5. The first-order valence-electron chi connectivity index (χ1n) is 13.8. The van der Waals surface area contributed by atoms with Crippen LogP contribution in [0.2, 0.25) is 0 Å². The minimum Gasteiger partial charge on any atom is -0.468 e. The third-order valence-electron chi connectivity index (χ3n) is 8.99. The van der Waals surface area contributed by atoms with Crippen molar-refractivity contribution in [2.24, 2.45) is 5.73 Å². The van der Waals surface area contributed by atoms with Crippen LogP contribution in [0.1, 0.15) is 79.3 Å². The number of ether oxygens (including phenoxy) is 1. The zero-order valence-corrected chi connectivity index (χ0v) is 24.1. The number of hydrogen-bond acceptors (Lipinski definition) is 5. The van der Waals surface area contributed by atoms with Crippen LogP contribution in [-0.4, -0.2) is 47.6 Å². The minimum absolute atomic E-state index is 0.0273. The SMILES string of the molecule is COC(=O)[C@H]1CC[C@@]2(CCN(C(=O)C(C)(N)[C@@H](C)c3cc(C(F)(F)F)cc(C(F)(F)F)c3)[C@@H](c3ccc(F)cc3C)C2)N1. The Hall–Kier alpha value is -3.19.